The second kappa shape index (κ2) is 8.22. The lowest BCUT2D eigenvalue weighted by molar-refractivity contribution is -0.125. The highest BCUT2D eigenvalue weighted by Crippen LogP contribution is 2.30. The molecule has 2 atom stereocenters. The molecule has 0 bridgehead atoms. The van der Waals surface area contributed by atoms with Gasteiger partial charge in [-0.1, -0.05) is 5.16 Å². The Kier molecular flexibility index (Phi) is 5.52. The van der Waals surface area contributed by atoms with E-state index in [0.29, 0.717) is 36.2 Å². The molecule has 1 amide bonds. The first-order valence-corrected chi connectivity index (χ1v) is 9.88. The number of nitrogens with zero attached hydrogens (tertiary/aromatic N) is 5. The first-order chi connectivity index (χ1) is 13.6. The summed E-state index contributed by atoms with van der Waals surface area (Å²) in [5, 5.41) is 6.93. The van der Waals surface area contributed by atoms with E-state index < -0.39 is 0 Å². The number of hydrogen-bond acceptors (Lipinski definition) is 8. The summed E-state index contributed by atoms with van der Waals surface area (Å²) in [6.45, 7) is 6.44. The van der Waals surface area contributed by atoms with Gasteiger partial charge >= 0.3 is 0 Å². The van der Waals surface area contributed by atoms with E-state index in [9.17, 15) is 4.79 Å². The molecule has 2 fully saturated rings. The summed E-state index contributed by atoms with van der Waals surface area (Å²) < 4.78 is 10.9. The lowest BCUT2D eigenvalue weighted by atomic mass is 9.96. The Hall–Kier alpha value is -2.55. The van der Waals surface area contributed by atoms with Crippen LogP contribution in [0, 0.1) is 19.8 Å². The highest BCUT2D eigenvalue weighted by molar-refractivity contribution is 5.80. The first kappa shape index (κ1) is 18.8. The van der Waals surface area contributed by atoms with E-state index in [1.54, 1.807) is 13.1 Å². The SMILES string of the molecule is Cc1noc(-c2cnc(C)nc2N2CCCC(C(=O)NCC3CCCO3)C2)n1. The molecule has 2 unspecified atom stereocenters. The van der Waals surface area contributed by atoms with Crippen LogP contribution in [0.1, 0.15) is 37.3 Å². The number of aryl methyl sites for hydroxylation is 2. The third-order valence-electron chi connectivity index (χ3n) is 5.27. The molecule has 0 aromatic carbocycles. The summed E-state index contributed by atoms with van der Waals surface area (Å²) in [6.07, 6.45) is 5.75. The second-order valence-corrected chi connectivity index (χ2v) is 7.47. The molecule has 2 aliphatic rings. The summed E-state index contributed by atoms with van der Waals surface area (Å²) in [7, 11) is 0. The van der Waals surface area contributed by atoms with E-state index in [0.717, 1.165) is 44.7 Å². The third kappa shape index (κ3) is 4.14. The van der Waals surface area contributed by atoms with Gasteiger partial charge in [0.05, 0.1) is 12.0 Å². The molecule has 0 saturated carbocycles. The van der Waals surface area contributed by atoms with Gasteiger partial charge in [0.15, 0.2) is 5.82 Å². The van der Waals surface area contributed by atoms with Crippen molar-refractivity contribution in [3.63, 3.8) is 0 Å². The van der Waals surface area contributed by atoms with Gasteiger partial charge in [-0.2, -0.15) is 4.98 Å². The standard InChI is InChI=1S/C19H26N6O3/c1-12-20-10-16(19-23-13(2)24-28-19)17(22-12)25-7-3-5-14(11-25)18(26)21-9-15-6-4-8-27-15/h10,14-15H,3-9,11H2,1-2H3,(H,21,26). The van der Waals surface area contributed by atoms with Crippen LogP contribution in [0.4, 0.5) is 5.82 Å². The van der Waals surface area contributed by atoms with E-state index in [1.807, 2.05) is 6.92 Å². The number of hydrogen-bond donors (Lipinski definition) is 1. The third-order valence-corrected chi connectivity index (χ3v) is 5.27. The molecule has 0 spiro atoms. The Morgan fingerprint density at radius 3 is 2.89 bits per heavy atom. The van der Waals surface area contributed by atoms with Crippen LogP contribution in [-0.2, 0) is 9.53 Å². The maximum Gasteiger partial charge on any atom is 0.263 e. The number of carbonyl (C=O) groups is 1. The van der Waals surface area contributed by atoms with Gasteiger partial charge in [0.25, 0.3) is 5.89 Å². The number of nitrogens with one attached hydrogen (secondary N) is 1. The zero-order valence-corrected chi connectivity index (χ0v) is 16.3. The molecule has 28 heavy (non-hydrogen) atoms. The zero-order chi connectivity index (χ0) is 19.5. The van der Waals surface area contributed by atoms with E-state index in [4.69, 9.17) is 9.26 Å². The molecule has 2 aromatic heterocycles. The van der Waals surface area contributed by atoms with E-state index in [1.165, 1.54) is 0 Å². The smallest absolute Gasteiger partial charge is 0.263 e. The van der Waals surface area contributed by atoms with Gasteiger partial charge in [-0.3, -0.25) is 4.79 Å². The lowest BCUT2D eigenvalue weighted by Crippen LogP contribution is -2.45. The van der Waals surface area contributed by atoms with Crippen LogP contribution < -0.4 is 10.2 Å². The predicted molar refractivity (Wildman–Crippen MR) is 102 cm³/mol. The van der Waals surface area contributed by atoms with Crippen LogP contribution in [0.2, 0.25) is 0 Å². The van der Waals surface area contributed by atoms with Crippen molar-refractivity contribution in [3.8, 4) is 11.5 Å². The maximum atomic E-state index is 12.7. The Bertz CT molecular complexity index is 833. The fraction of sp³-hybridized carbons (Fsp3) is 0.632. The summed E-state index contributed by atoms with van der Waals surface area (Å²) in [5.41, 5.74) is 0.701. The largest absolute Gasteiger partial charge is 0.376 e. The average Bonchev–Trinajstić information content (AvgIpc) is 3.38. The average molecular weight is 386 g/mol. The minimum absolute atomic E-state index is 0.0808. The van der Waals surface area contributed by atoms with Crippen LogP contribution in [0.15, 0.2) is 10.7 Å². The minimum atomic E-state index is -0.0808. The molecular weight excluding hydrogens is 360 g/mol. The summed E-state index contributed by atoms with van der Waals surface area (Å²) >= 11 is 0. The summed E-state index contributed by atoms with van der Waals surface area (Å²) in [5.74, 6) is 2.38. The number of rotatable bonds is 5. The monoisotopic (exact) mass is 386 g/mol. The van der Waals surface area contributed by atoms with Crippen molar-refractivity contribution in [2.24, 2.45) is 5.92 Å². The van der Waals surface area contributed by atoms with Crippen molar-refractivity contribution >= 4 is 11.7 Å². The van der Waals surface area contributed by atoms with Crippen LogP contribution in [-0.4, -0.2) is 58.4 Å². The topological polar surface area (TPSA) is 106 Å². The van der Waals surface area contributed by atoms with Crippen LogP contribution >= 0.6 is 0 Å². The van der Waals surface area contributed by atoms with Gasteiger partial charge in [-0.25, -0.2) is 9.97 Å². The van der Waals surface area contributed by atoms with Gasteiger partial charge in [-0.05, 0) is 39.5 Å². The van der Waals surface area contributed by atoms with Crippen molar-refractivity contribution in [1.29, 1.82) is 0 Å². The number of anilines is 1. The van der Waals surface area contributed by atoms with Gasteiger partial charge < -0.3 is 19.5 Å². The van der Waals surface area contributed by atoms with Crippen molar-refractivity contribution < 1.29 is 14.1 Å². The first-order valence-electron chi connectivity index (χ1n) is 9.88. The van der Waals surface area contributed by atoms with Gasteiger partial charge in [0, 0.05) is 32.4 Å². The van der Waals surface area contributed by atoms with E-state index >= 15 is 0 Å². The molecule has 0 aliphatic carbocycles. The van der Waals surface area contributed by atoms with Crippen LogP contribution in [0.5, 0.6) is 0 Å². The molecule has 9 heteroatoms. The van der Waals surface area contributed by atoms with Crippen LogP contribution in [0.3, 0.4) is 0 Å². The number of ether oxygens (including phenoxy) is 1. The molecule has 2 saturated heterocycles. The molecule has 2 aromatic rings. The maximum absolute atomic E-state index is 12.7. The van der Waals surface area contributed by atoms with E-state index in [2.05, 4.69) is 30.3 Å². The molecule has 150 valence electrons. The predicted octanol–water partition coefficient (Wildman–Crippen LogP) is 1.66. The second-order valence-electron chi connectivity index (χ2n) is 7.47. The van der Waals surface area contributed by atoms with Gasteiger partial charge in [0.2, 0.25) is 5.91 Å². The normalized spacial score (nSPS) is 22.4. The fourth-order valence-corrected chi connectivity index (χ4v) is 3.80. The minimum Gasteiger partial charge on any atom is -0.376 e. The Labute approximate surface area is 163 Å². The van der Waals surface area contributed by atoms with Crippen molar-refractivity contribution in [1.82, 2.24) is 25.4 Å². The molecule has 4 heterocycles. The molecule has 1 N–H and O–H groups in total. The Morgan fingerprint density at radius 2 is 2.14 bits per heavy atom. The van der Waals surface area contributed by atoms with Crippen LogP contribution in [0.25, 0.3) is 11.5 Å². The van der Waals surface area contributed by atoms with Gasteiger partial charge in [-0.15, -0.1) is 0 Å². The van der Waals surface area contributed by atoms with Gasteiger partial charge in [0.1, 0.15) is 17.2 Å². The summed E-state index contributed by atoms with van der Waals surface area (Å²) in [4.78, 5) is 28.0. The lowest BCUT2D eigenvalue weighted by Gasteiger charge is -2.33. The van der Waals surface area contributed by atoms with E-state index in [-0.39, 0.29) is 17.9 Å². The highest BCUT2D eigenvalue weighted by atomic mass is 16.5. The number of piperidine rings is 1. The van der Waals surface area contributed by atoms with Crippen molar-refractivity contribution in [2.75, 3.05) is 31.1 Å². The quantitative estimate of drug-likeness (QED) is 0.827. The fourth-order valence-electron chi connectivity index (χ4n) is 3.80. The molecular formula is C19H26N6O3. The molecule has 2 aliphatic heterocycles. The number of amides is 1. The number of carbonyl (C=O) groups excluding carboxylic acids is 1. The Morgan fingerprint density at radius 1 is 1.25 bits per heavy atom. The molecule has 4 rings (SSSR count). The highest BCUT2D eigenvalue weighted by Gasteiger charge is 2.29. The number of aromatic nitrogens is 4. The van der Waals surface area contributed by atoms with Crippen molar-refractivity contribution in [3.05, 3.63) is 17.8 Å². The van der Waals surface area contributed by atoms with Crippen molar-refractivity contribution in [2.45, 2.75) is 45.6 Å². The molecule has 0 radical (unpaired) electrons. The Balaban J connectivity index is 1.48. The molecule has 9 nitrogen and oxygen atoms in total. The summed E-state index contributed by atoms with van der Waals surface area (Å²) in [6, 6.07) is 0. The zero-order valence-electron chi connectivity index (χ0n) is 16.3.